The number of carbonyl (C=O) groups excluding carboxylic acids is 1. The van der Waals surface area contributed by atoms with Gasteiger partial charge in [0.1, 0.15) is 11.4 Å². The monoisotopic (exact) mass is 443 g/mol. The minimum Gasteiger partial charge on any atom is -0.444 e. The van der Waals surface area contributed by atoms with E-state index in [1.807, 2.05) is 32.6 Å². The summed E-state index contributed by atoms with van der Waals surface area (Å²) in [4.78, 5) is 19.4. The average molecular weight is 443 g/mol. The van der Waals surface area contributed by atoms with Crippen LogP contribution in [-0.4, -0.2) is 58.5 Å². The van der Waals surface area contributed by atoms with Gasteiger partial charge in [-0.2, -0.15) is 0 Å². The topological polar surface area (TPSA) is 72.9 Å². The molecule has 3 aliphatic rings. The highest BCUT2D eigenvalue weighted by Gasteiger charge is 2.53. The number of amides is 1. The number of likely N-dealkylation sites (tertiary alicyclic amines) is 1. The van der Waals surface area contributed by atoms with E-state index >= 15 is 0 Å². The molecule has 0 aromatic carbocycles. The van der Waals surface area contributed by atoms with Crippen LogP contribution in [0, 0.1) is 12.8 Å². The van der Waals surface area contributed by atoms with Crippen LogP contribution in [0.1, 0.15) is 73.1 Å². The fraction of sp³-hybridized carbons (Fsp3) is 0.750. The van der Waals surface area contributed by atoms with Crippen molar-refractivity contribution in [2.75, 3.05) is 18.4 Å². The number of nitrogens with zero attached hydrogens (tertiary/aromatic N) is 2. The summed E-state index contributed by atoms with van der Waals surface area (Å²) >= 11 is 0. The molecule has 1 unspecified atom stereocenters. The molecule has 1 aromatic rings. The van der Waals surface area contributed by atoms with Crippen LogP contribution in [0.25, 0.3) is 0 Å². The summed E-state index contributed by atoms with van der Waals surface area (Å²) in [5.41, 5.74) is 1.63. The molecule has 32 heavy (non-hydrogen) atoms. The number of carbonyl (C=O) groups is 1. The quantitative estimate of drug-likeness (QED) is 0.668. The van der Waals surface area contributed by atoms with Gasteiger partial charge in [0.25, 0.3) is 0 Å². The molecule has 7 nitrogen and oxygen atoms in total. The van der Waals surface area contributed by atoms with E-state index in [0.29, 0.717) is 19.0 Å². The first kappa shape index (κ1) is 23.4. The van der Waals surface area contributed by atoms with Gasteiger partial charge in [-0.05, 0) is 79.7 Å². The van der Waals surface area contributed by atoms with Gasteiger partial charge in [-0.25, -0.2) is 9.78 Å². The van der Waals surface area contributed by atoms with Crippen molar-refractivity contribution in [1.82, 2.24) is 9.88 Å². The lowest BCUT2D eigenvalue weighted by Crippen LogP contribution is -2.49. The lowest BCUT2D eigenvalue weighted by atomic mass is 9.75. The molecular formula is C24H38BN3O4. The summed E-state index contributed by atoms with van der Waals surface area (Å²) in [6.45, 7) is 19.5. The van der Waals surface area contributed by atoms with E-state index in [1.165, 1.54) is 5.56 Å². The van der Waals surface area contributed by atoms with Crippen LogP contribution in [0.5, 0.6) is 0 Å². The van der Waals surface area contributed by atoms with Crippen LogP contribution in [-0.2, 0) is 20.5 Å². The van der Waals surface area contributed by atoms with E-state index < -0.39 is 12.7 Å². The Balaban J connectivity index is 1.54. The van der Waals surface area contributed by atoms with Crippen LogP contribution < -0.4 is 10.8 Å². The van der Waals surface area contributed by atoms with Crippen LogP contribution in [0.3, 0.4) is 0 Å². The SMILES string of the molecule is Cc1nc2c(cc1B1OC(C)(C)C(C)(C)O1)CCC1(CN(C(=O)OC(C)(C)C)C[C@@H]1C)N2. The summed E-state index contributed by atoms with van der Waals surface area (Å²) in [5.74, 6) is 1.21. The average Bonchev–Trinajstić information content (AvgIpc) is 3.06. The van der Waals surface area contributed by atoms with Crippen molar-refractivity contribution in [2.24, 2.45) is 5.92 Å². The van der Waals surface area contributed by atoms with E-state index in [1.54, 1.807) is 0 Å². The van der Waals surface area contributed by atoms with Gasteiger partial charge in [0.05, 0.1) is 16.7 Å². The number of rotatable bonds is 1. The maximum absolute atomic E-state index is 12.7. The van der Waals surface area contributed by atoms with Crippen LogP contribution in [0.2, 0.25) is 0 Å². The first-order valence-corrected chi connectivity index (χ1v) is 11.7. The Hall–Kier alpha value is -1.80. The maximum Gasteiger partial charge on any atom is 0.496 e. The Bertz CT molecular complexity index is 911. The Morgan fingerprint density at radius 1 is 1.25 bits per heavy atom. The van der Waals surface area contributed by atoms with Gasteiger partial charge < -0.3 is 24.3 Å². The zero-order valence-corrected chi connectivity index (χ0v) is 21.1. The number of hydrogen-bond donors (Lipinski definition) is 1. The molecule has 4 heterocycles. The van der Waals surface area contributed by atoms with Crippen molar-refractivity contribution in [3.05, 3.63) is 17.3 Å². The fourth-order valence-electron chi connectivity index (χ4n) is 4.85. The second kappa shape index (κ2) is 7.35. The van der Waals surface area contributed by atoms with Gasteiger partial charge in [-0.15, -0.1) is 0 Å². The zero-order chi connectivity index (χ0) is 23.7. The first-order chi connectivity index (χ1) is 14.6. The van der Waals surface area contributed by atoms with E-state index in [4.69, 9.17) is 19.0 Å². The molecule has 0 saturated carbocycles. The third kappa shape index (κ3) is 4.00. The molecule has 0 aliphatic carbocycles. The molecule has 2 fully saturated rings. The lowest BCUT2D eigenvalue weighted by Gasteiger charge is -2.39. The molecule has 176 valence electrons. The molecule has 0 radical (unpaired) electrons. The normalized spacial score (nSPS) is 28.6. The Labute approximate surface area is 192 Å². The van der Waals surface area contributed by atoms with Gasteiger partial charge in [0.2, 0.25) is 0 Å². The minimum absolute atomic E-state index is 0.185. The molecule has 4 rings (SSSR count). The number of anilines is 1. The largest absolute Gasteiger partial charge is 0.496 e. The number of fused-ring (bicyclic) bond motifs is 1. The molecule has 2 saturated heterocycles. The third-order valence-corrected chi connectivity index (χ3v) is 7.61. The predicted octanol–water partition coefficient (Wildman–Crippen LogP) is 3.67. The summed E-state index contributed by atoms with van der Waals surface area (Å²) in [5, 5.41) is 3.72. The van der Waals surface area contributed by atoms with Gasteiger partial charge in [0, 0.05) is 24.2 Å². The second-order valence-corrected chi connectivity index (χ2v) is 11.8. The first-order valence-electron chi connectivity index (χ1n) is 11.7. The van der Waals surface area contributed by atoms with E-state index in [0.717, 1.165) is 29.8 Å². The Morgan fingerprint density at radius 2 is 1.88 bits per heavy atom. The molecule has 3 aliphatic heterocycles. The Morgan fingerprint density at radius 3 is 2.47 bits per heavy atom. The van der Waals surface area contributed by atoms with Crippen molar-refractivity contribution in [2.45, 2.75) is 97.5 Å². The van der Waals surface area contributed by atoms with Crippen molar-refractivity contribution < 1.29 is 18.8 Å². The molecular weight excluding hydrogens is 405 g/mol. The summed E-state index contributed by atoms with van der Waals surface area (Å²) in [6, 6.07) is 2.19. The summed E-state index contributed by atoms with van der Waals surface area (Å²) in [7, 11) is -0.415. The van der Waals surface area contributed by atoms with Gasteiger partial charge in [-0.1, -0.05) is 13.0 Å². The predicted molar refractivity (Wildman–Crippen MR) is 126 cm³/mol. The van der Waals surface area contributed by atoms with Crippen molar-refractivity contribution in [3.8, 4) is 0 Å². The highest BCUT2D eigenvalue weighted by Crippen LogP contribution is 2.41. The van der Waals surface area contributed by atoms with Gasteiger partial charge in [0.15, 0.2) is 0 Å². The molecule has 1 amide bonds. The molecule has 1 aromatic heterocycles. The van der Waals surface area contributed by atoms with Gasteiger partial charge >= 0.3 is 13.2 Å². The summed E-state index contributed by atoms with van der Waals surface area (Å²) < 4.78 is 18.2. The van der Waals surface area contributed by atoms with Crippen LogP contribution in [0.15, 0.2) is 6.07 Å². The highest BCUT2D eigenvalue weighted by atomic mass is 16.7. The number of aryl methyl sites for hydroxylation is 2. The van der Waals surface area contributed by atoms with Crippen LogP contribution >= 0.6 is 0 Å². The van der Waals surface area contributed by atoms with Crippen molar-refractivity contribution >= 4 is 24.5 Å². The second-order valence-electron chi connectivity index (χ2n) is 11.8. The molecule has 1 spiro atoms. The van der Waals surface area contributed by atoms with Crippen molar-refractivity contribution in [3.63, 3.8) is 0 Å². The third-order valence-electron chi connectivity index (χ3n) is 7.61. The highest BCUT2D eigenvalue weighted by molar-refractivity contribution is 6.62. The molecule has 0 bridgehead atoms. The van der Waals surface area contributed by atoms with Crippen LogP contribution in [0.4, 0.5) is 10.6 Å². The number of nitrogens with one attached hydrogen (secondary N) is 1. The van der Waals surface area contributed by atoms with Crippen molar-refractivity contribution in [1.29, 1.82) is 0 Å². The van der Waals surface area contributed by atoms with E-state index in [9.17, 15) is 4.79 Å². The van der Waals surface area contributed by atoms with Gasteiger partial charge in [-0.3, -0.25) is 0 Å². The number of hydrogen-bond acceptors (Lipinski definition) is 6. The molecule has 1 N–H and O–H groups in total. The molecule has 8 heteroatoms. The maximum atomic E-state index is 12.7. The number of pyridine rings is 1. The summed E-state index contributed by atoms with van der Waals surface area (Å²) in [6.07, 6.45) is 1.59. The fourth-order valence-corrected chi connectivity index (χ4v) is 4.85. The number of aromatic nitrogens is 1. The smallest absolute Gasteiger partial charge is 0.444 e. The number of ether oxygens (including phenoxy) is 1. The zero-order valence-electron chi connectivity index (χ0n) is 21.1. The molecule has 2 atom stereocenters. The Kier molecular flexibility index (Phi) is 5.37. The standard InChI is InChI=1S/C24H38BN3O4/c1-15-13-28(20(29)30-21(3,4)5)14-24(15)11-10-17-12-18(16(2)26-19(17)27-24)25-31-22(6,7)23(8,9)32-25/h12,15H,10-11,13-14H2,1-9H3,(H,26,27)/t15-,24?/m0/s1. The van der Waals surface area contributed by atoms with E-state index in [2.05, 4.69) is 46.0 Å². The minimum atomic E-state index is -0.495. The lowest BCUT2D eigenvalue weighted by molar-refractivity contribution is 0.00578. The van der Waals surface area contributed by atoms with E-state index in [-0.39, 0.29) is 22.8 Å².